The number of piperidine rings is 1. The number of rotatable bonds is 6. The van der Waals surface area contributed by atoms with Crippen molar-refractivity contribution in [2.45, 2.75) is 25.4 Å². The average molecular weight is 429 g/mol. The summed E-state index contributed by atoms with van der Waals surface area (Å²) in [5, 5.41) is 4.64. The van der Waals surface area contributed by atoms with E-state index in [0.29, 0.717) is 11.6 Å². The number of carbonyl (C=O) groups excluding carboxylic acids is 1. The van der Waals surface area contributed by atoms with Crippen LogP contribution in [-0.2, 0) is 11.3 Å². The van der Waals surface area contributed by atoms with Gasteiger partial charge in [-0.05, 0) is 30.5 Å². The Morgan fingerprint density at radius 3 is 2.69 bits per heavy atom. The monoisotopic (exact) mass is 428 g/mol. The fourth-order valence-electron chi connectivity index (χ4n) is 3.70. The predicted molar refractivity (Wildman–Crippen MR) is 121 cm³/mol. The molecule has 29 heavy (non-hydrogen) atoms. The highest BCUT2D eigenvalue weighted by Crippen LogP contribution is 2.32. The number of amides is 1. The molecule has 4 rings (SSSR count). The summed E-state index contributed by atoms with van der Waals surface area (Å²) in [5.74, 6) is 0.0411. The van der Waals surface area contributed by atoms with E-state index in [4.69, 9.17) is 11.6 Å². The van der Waals surface area contributed by atoms with Gasteiger partial charge in [-0.15, -0.1) is 0 Å². The van der Waals surface area contributed by atoms with Gasteiger partial charge in [0.05, 0.1) is 16.3 Å². The molecule has 0 unspecified atom stereocenters. The minimum absolute atomic E-state index is 0.0411. The maximum absolute atomic E-state index is 12.5. The van der Waals surface area contributed by atoms with Gasteiger partial charge in [0.2, 0.25) is 5.91 Å². The average Bonchev–Trinajstić information content (AvgIpc) is 3.16. The Hall–Kier alpha value is -2.15. The molecule has 0 spiro atoms. The minimum atomic E-state index is 0.0411. The summed E-state index contributed by atoms with van der Waals surface area (Å²) < 4.78 is 1.03. The van der Waals surface area contributed by atoms with Crippen LogP contribution >= 0.6 is 22.9 Å². The molecule has 0 saturated carbocycles. The van der Waals surface area contributed by atoms with Gasteiger partial charge in [0.1, 0.15) is 5.52 Å². The van der Waals surface area contributed by atoms with Crippen LogP contribution in [0.25, 0.3) is 10.2 Å². The Kier molecular flexibility index (Phi) is 6.33. The molecule has 0 bridgehead atoms. The number of nitrogens with zero attached hydrogens (tertiary/aromatic N) is 3. The lowest BCUT2D eigenvalue weighted by Gasteiger charge is -2.32. The number of hydrogen-bond donors (Lipinski definition) is 1. The molecule has 1 N–H and O–H groups in total. The lowest BCUT2D eigenvalue weighted by molar-refractivity contribution is -0.120. The molecule has 1 aliphatic rings. The SMILES string of the molecule is CN(CC(=O)NC1CCN(Cc2ccccc2)CC1)c1nc2c(Cl)cccc2s1. The summed E-state index contributed by atoms with van der Waals surface area (Å²) in [7, 11) is 1.90. The van der Waals surface area contributed by atoms with Crippen LogP contribution in [0.3, 0.4) is 0 Å². The number of hydrogen-bond acceptors (Lipinski definition) is 5. The summed E-state index contributed by atoms with van der Waals surface area (Å²) in [5.41, 5.74) is 2.14. The highest BCUT2D eigenvalue weighted by atomic mass is 35.5. The summed E-state index contributed by atoms with van der Waals surface area (Å²) in [6.45, 7) is 3.28. The number of halogens is 1. The van der Waals surface area contributed by atoms with Gasteiger partial charge in [-0.3, -0.25) is 9.69 Å². The van der Waals surface area contributed by atoms with Crippen molar-refractivity contribution in [3.63, 3.8) is 0 Å². The Bertz CT molecular complexity index is 969. The number of likely N-dealkylation sites (N-methyl/N-ethyl adjacent to an activating group) is 1. The van der Waals surface area contributed by atoms with Crippen LogP contribution in [0.4, 0.5) is 5.13 Å². The lowest BCUT2D eigenvalue weighted by Crippen LogP contribution is -2.46. The molecule has 1 saturated heterocycles. The minimum Gasteiger partial charge on any atom is -0.352 e. The van der Waals surface area contributed by atoms with Crippen molar-refractivity contribution in [3.05, 3.63) is 59.1 Å². The number of aromatic nitrogens is 1. The molecule has 1 aromatic heterocycles. The molecule has 1 fully saturated rings. The third-order valence-electron chi connectivity index (χ3n) is 5.27. The summed E-state index contributed by atoms with van der Waals surface area (Å²) >= 11 is 7.77. The number of anilines is 1. The third-order valence-corrected chi connectivity index (χ3v) is 6.71. The summed E-state index contributed by atoms with van der Waals surface area (Å²) in [4.78, 5) is 21.5. The van der Waals surface area contributed by atoms with Crippen LogP contribution in [-0.4, -0.2) is 48.5 Å². The molecule has 152 valence electrons. The van der Waals surface area contributed by atoms with E-state index >= 15 is 0 Å². The van der Waals surface area contributed by atoms with Gasteiger partial charge in [0.25, 0.3) is 0 Å². The van der Waals surface area contributed by atoms with Gasteiger partial charge < -0.3 is 10.2 Å². The molecular weight excluding hydrogens is 404 g/mol. The van der Waals surface area contributed by atoms with Crippen molar-refractivity contribution in [2.24, 2.45) is 0 Å². The van der Waals surface area contributed by atoms with Crippen LogP contribution in [0.15, 0.2) is 48.5 Å². The van der Waals surface area contributed by atoms with Gasteiger partial charge in [0, 0.05) is 32.7 Å². The van der Waals surface area contributed by atoms with E-state index in [2.05, 4.69) is 39.5 Å². The smallest absolute Gasteiger partial charge is 0.239 e. The highest BCUT2D eigenvalue weighted by molar-refractivity contribution is 7.22. The molecule has 1 amide bonds. The molecular formula is C22H25ClN4OS. The summed E-state index contributed by atoms with van der Waals surface area (Å²) in [6, 6.07) is 16.5. The molecule has 0 aliphatic carbocycles. The normalized spacial score (nSPS) is 15.5. The Balaban J connectivity index is 1.26. The van der Waals surface area contributed by atoms with Gasteiger partial charge in [-0.25, -0.2) is 4.98 Å². The van der Waals surface area contributed by atoms with E-state index in [1.165, 1.54) is 5.56 Å². The number of thiazole rings is 1. The van der Waals surface area contributed by atoms with E-state index in [1.54, 1.807) is 11.3 Å². The van der Waals surface area contributed by atoms with Crippen molar-refractivity contribution in [1.82, 2.24) is 15.2 Å². The Morgan fingerprint density at radius 1 is 1.21 bits per heavy atom. The molecule has 0 radical (unpaired) electrons. The number of fused-ring (bicyclic) bond motifs is 1. The van der Waals surface area contributed by atoms with Gasteiger partial charge in [-0.2, -0.15) is 0 Å². The second-order valence-corrected chi connectivity index (χ2v) is 8.96. The zero-order chi connectivity index (χ0) is 20.2. The molecule has 5 nitrogen and oxygen atoms in total. The van der Waals surface area contributed by atoms with Crippen LogP contribution in [0.1, 0.15) is 18.4 Å². The van der Waals surface area contributed by atoms with Gasteiger partial charge >= 0.3 is 0 Å². The predicted octanol–water partition coefficient (Wildman–Crippen LogP) is 4.17. The van der Waals surface area contributed by atoms with E-state index in [9.17, 15) is 4.79 Å². The van der Waals surface area contributed by atoms with Gasteiger partial charge in [-0.1, -0.05) is 59.3 Å². The standard InChI is InChI=1S/C22H25ClN4OS/c1-26(22-25-21-18(23)8-5-9-19(21)29-22)15-20(28)24-17-10-12-27(13-11-17)14-16-6-3-2-4-7-16/h2-9,17H,10-15H2,1H3,(H,24,28). The third kappa shape index (κ3) is 5.07. The first-order chi connectivity index (χ1) is 14.1. The van der Waals surface area contributed by atoms with E-state index in [-0.39, 0.29) is 11.9 Å². The fraction of sp³-hybridized carbons (Fsp3) is 0.364. The quantitative estimate of drug-likeness (QED) is 0.640. The number of likely N-dealkylation sites (tertiary alicyclic amines) is 1. The Morgan fingerprint density at radius 2 is 1.97 bits per heavy atom. The maximum Gasteiger partial charge on any atom is 0.239 e. The molecule has 7 heteroatoms. The van der Waals surface area contributed by atoms with Crippen LogP contribution < -0.4 is 10.2 Å². The number of carbonyl (C=O) groups is 1. The van der Waals surface area contributed by atoms with Gasteiger partial charge in [0.15, 0.2) is 5.13 Å². The fourth-order valence-corrected chi connectivity index (χ4v) is 4.93. The first-order valence-corrected chi connectivity index (χ1v) is 11.1. The zero-order valence-corrected chi connectivity index (χ0v) is 18.0. The van der Waals surface area contributed by atoms with Crippen LogP contribution in [0.2, 0.25) is 5.02 Å². The Labute approximate surface area is 180 Å². The first-order valence-electron chi connectivity index (χ1n) is 9.90. The van der Waals surface area contributed by atoms with Crippen LogP contribution in [0, 0.1) is 0 Å². The number of para-hydroxylation sites is 1. The summed E-state index contributed by atoms with van der Waals surface area (Å²) in [6.07, 6.45) is 1.97. The van der Waals surface area contributed by atoms with Crippen molar-refractivity contribution >= 4 is 44.2 Å². The zero-order valence-electron chi connectivity index (χ0n) is 16.5. The van der Waals surface area contributed by atoms with E-state index in [1.807, 2.05) is 36.2 Å². The molecule has 1 aliphatic heterocycles. The van der Waals surface area contributed by atoms with Crippen molar-refractivity contribution in [3.8, 4) is 0 Å². The molecule has 2 aromatic carbocycles. The molecule has 0 atom stereocenters. The maximum atomic E-state index is 12.5. The largest absolute Gasteiger partial charge is 0.352 e. The highest BCUT2D eigenvalue weighted by Gasteiger charge is 2.21. The van der Waals surface area contributed by atoms with E-state index < -0.39 is 0 Å². The van der Waals surface area contributed by atoms with Crippen molar-refractivity contribution in [2.75, 3.05) is 31.6 Å². The topological polar surface area (TPSA) is 48.5 Å². The van der Waals surface area contributed by atoms with Crippen LogP contribution in [0.5, 0.6) is 0 Å². The number of benzene rings is 2. The molecule has 3 aromatic rings. The second kappa shape index (κ2) is 9.11. The van der Waals surface area contributed by atoms with Crippen molar-refractivity contribution in [1.29, 1.82) is 0 Å². The molecule has 2 heterocycles. The second-order valence-electron chi connectivity index (χ2n) is 7.54. The first kappa shape index (κ1) is 20.1. The van der Waals surface area contributed by atoms with Crippen molar-refractivity contribution < 1.29 is 4.79 Å². The lowest BCUT2D eigenvalue weighted by atomic mass is 10.0. The van der Waals surface area contributed by atoms with E-state index in [0.717, 1.165) is 47.8 Å². The number of nitrogens with one attached hydrogen (secondary N) is 1.